The molecule has 0 spiro atoms. The van der Waals surface area contributed by atoms with Crippen LogP contribution in [0.5, 0.6) is 11.5 Å². The van der Waals surface area contributed by atoms with E-state index in [1.165, 1.54) is 0 Å². The summed E-state index contributed by atoms with van der Waals surface area (Å²) in [4.78, 5) is 0. The SMILES string of the molecule is COc1cccc(CC(O)CO[Si](C)(C)C(C)(C)C)c1OCc1ccccc1. The van der Waals surface area contributed by atoms with Crippen molar-refractivity contribution in [2.24, 2.45) is 0 Å². The zero-order valence-electron chi connectivity index (χ0n) is 18.0. The highest BCUT2D eigenvalue weighted by Crippen LogP contribution is 2.37. The molecule has 1 N–H and O–H groups in total. The van der Waals surface area contributed by atoms with E-state index in [0.717, 1.165) is 11.1 Å². The van der Waals surface area contributed by atoms with E-state index in [9.17, 15) is 5.11 Å². The van der Waals surface area contributed by atoms with E-state index >= 15 is 0 Å². The second-order valence-corrected chi connectivity index (χ2v) is 13.5. The van der Waals surface area contributed by atoms with Crippen molar-refractivity contribution in [3.63, 3.8) is 0 Å². The summed E-state index contributed by atoms with van der Waals surface area (Å²) in [6.45, 7) is 11.8. The molecule has 0 aromatic heterocycles. The summed E-state index contributed by atoms with van der Waals surface area (Å²) in [5.74, 6) is 1.35. The van der Waals surface area contributed by atoms with Crippen molar-refractivity contribution >= 4 is 8.32 Å². The van der Waals surface area contributed by atoms with Crippen LogP contribution in [0.25, 0.3) is 0 Å². The molecule has 1 atom stereocenters. The second kappa shape index (κ2) is 9.59. The average molecular weight is 403 g/mol. The van der Waals surface area contributed by atoms with Crippen molar-refractivity contribution in [2.75, 3.05) is 13.7 Å². The Balaban J connectivity index is 2.08. The monoisotopic (exact) mass is 402 g/mol. The Hall–Kier alpha value is -1.82. The third-order valence-corrected chi connectivity index (χ3v) is 9.91. The molecule has 4 nitrogen and oxygen atoms in total. The molecule has 0 saturated carbocycles. The molecule has 154 valence electrons. The summed E-state index contributed by atoms with van der Waals surface area (Å²) < 4.78 is 17.7. The molecular weight excluding hydrogens is 368 g/mol. The Morgan fingerprint density at radius 2 is 1.68 bits per heavy atom. The molecule has 0 aliphatic heterocycles. The van der Waals surface area contributed by atoms with Gasteiger partial charge in [-0.2, -0.15) is 0 Å². The van der Waals surface area contributed by atoms with Gasteiger partial charge in [0.1, 0.15) is 6.61 Å². The molecular formula is C23H34O4Si. The molecule has 0 bridgehead atoms. The number of benzene rings is 2. The Bertz CT molecular complexity index is 738. The molecule has 0 fully saturated rings. The average Bonchev–Trinajstić information content (AvgIpc) is 2.65. The zero-order chi connectivity index (χ0) is 20.8. The molecule has 0 heterocycles. The quantitative estimate of drug-likeness (QED) is 0.586. The highest BCUT2D eigenvalue weighted by Gasteiger charge is 2.37. The Morgan fingerprint density at radius 1 is 1.00 bits per heavy atom. The van der Waals surface area contributed by atoms with Crippen LogP contribution in [0.4, 0.5) is 0 Å². The van der Waals surface area contributed by atoms with Crippen molar-refractivity contribution in [1.82, 2.24) is 0 Å². The highest BCUT2D eigenvalue weighted by molar-refractivity contribution is 6.74. The summed E-state index contributed by atoms with van der Waals surface area (Å²) in [6.07, 6.45) is -0.143. The van der Waals surface area contributed by atoms with E-state index in [-0.39, 0.29) is 5.04 Å². The van der Waals surface area contributed by atoms with Gasteiger partial charge in [0, 0.05) is 12.0 Å². The van der Waals surface area contributed by atoms with Crippen molar-refractivity contribution in [2.45, 2.75) is 58.0 Å². The Kier molecular flexibility index (Phi) is 7.69. The summed E-state index contributed by atoms with van der Waals surface area (Å²) in [5.41, 5.74) is 2.00. The lowest BCUT2D eigenvalue weighted by Crippen LogP contribution is -2.42. The standard InChI is InChI=1S/C23H34O4Si/c1-23(2,3)28(5,6)27-17-20(24)15-19-13-10-14-21(25-4)22(19)26-16-18-11-8-7-9-12-18/h7-14,20,24H,15-17H2,1-6H3. The molecule has 28 heavy (non-hydrogen) atoms. The van der Waals surface area contributed by atoms with Gasteiger partial charge < -0.3 is 19.0 Å². The lowest BCUT2D eigenvalue weighted by Gasteiger charge is -2.36. The maximum Gasteiger partial charge on any atom is 0.192 e. The first-order valence-electron chi connectivity index (χ1n) is 9.78. The number of aliphatic hydroxyl groups is 1. The molecule has 1 unspecified atom stereocenters. The first kappa shape index (κ1) is 22.5. The van der Waals surface area contributed by atoms with Crippen LogP contribution in [-0.4, -0.2) is 33.2 Å². The van der Waals surface area contributed by atoms with Crippen LogP contribution in [0.1, 0.15) is 31.9 Å². The topological polar surface area (TPSA) is 47.9 Å². The van der Waals surface area contributed by atoms with Gasteiger partial charge in [-0.25, -0.2) is 0 Å². The minimum absolute atomic E-state index is 0.118. The molecule has 0 radical (unpaired) electrons. The van der Waals surface area contributed by atoms with E-state index in [1.54, 1.807) is 7.11 Å². The molecule has 5 heteroatoms. The fourth-order valence-electron chi connectivity index (χ4n) is 2.61. The van der Waals surface area contributed by atoms with Crippen LogP contribution in [0.3, 0.4) is 0 Å². The molecule has 2 aromatic carbocycles. The van der Waals surface area contributed by atoms with E-state index < -0.39 is 14.4 Å². The largest absolute Gasteiger partial charge is 0.493 e. The van der Waals surface area contributed by atoms with Gasteiger partial charge in [-0.05, 0) is 29.8 Å². The van der Waals surface area contributed by atoms with Crippen molar-refractivity contribution in [3.8, 4) is 11.5 Å². The van der Waals surface area contributed by atoms with E-state index in [4.69, 9.17) is 13.9 Å². The molecule has 0 aliphatic carbocycles. The first-order valence-corrected chi connectivity index (χ1v) is 12.7. The summed E-state index contributed by atoms with van der Waals surface area (Å²) in [5, 5.41) is 10.7. The highest BCUT2D eigenvalue weighted by atomic mass is 28.4. The van der Waals surface area contributed by atoms with Crippen molar-refractivity contribution < 1.29 is 19.0 Å². The number of hydrogen-bond donors (Lipinski definition) is 1. The lowest BCUT2D eigenvalue weighted by atomic mass is 10.1. The van der Waals surface area contributed by atoms with Crippen LogP contribution >= 0.6 is 0 Å². The number of hydrogen-bond acceptors (Lipinski definition) is 4. The van der Waals surface area contributed by atoms with Crippen LogP contribution in [-0.2, 0) is 17.5 Å². The number of ether oxygens (including phenoxy) is 2. The van der Waals surface area contributed by atoms with Crippen molar-refractivity contribution in [3.05, 3.63) is 59.7 Å². The number of para-hydroxylation sites is 1. The van der Waals surface area contributed by atoms with Gasteiger partial charge in [0.15, 0.2) is 19.8 Å². The van der Waals surface area contributed by atoms with Gasteiger partial charge in [0.05, 0.1) is 19.8 Å². The Morgan fingerprint density at radius 3 is 2.29 bits per heavy atom. The van der Waals surface area contributed by atoms with Crippen LogP contribution in [0, 0.1) is 0 Å². The fourth-order valence-corrected chi connectivity index (χ4v) is 3.65. The maximum atomic E-state index is 10.6. The summed E-state index contributed by atoms with van der Waals surface area (Å²) >= 11 is 0. The summed E-state index contributed by atoms with van der Waals surface area (Å²) in [7, 11) is -0.261. The van der Waals surface area contributed by atoms with Gasteiger partial charge in [0.2, 0.25) is 0 Å². The van der Waals surface area contributed by atoms with Gasteiger partial charge in [-0.1, -0.05) is 63.2 Å². The normalized spacial score (nSPS) is 13.2. The molecule has 0 saturated heterocycles. The van der Waals surface area contributed by atoms with E-state index in [0.29, 0.717) is 31.1 Å². The fraction of sp³-hybridized carbons (Fsp3) is 0.478. The van der Waals surface area contributed by atoms with Gasteiger partial charge in [-0.3, -0.25) is 0 Å². The third-order valence-electron chi connectivity index (χ3n) is 5.40. The Labute approximate surface area is 170 Å². The zero-order valence-corrected chi connectivity index (χ0v) is 19.0. The van der Waals surface area contributed by atoms with Crippen LogP contribution in [0.2, 0.25) is 18.1 Å². The smallest absolute Gasteiger partial charge is 0.192 e. The third kappa shape index (κ3) is 6.09. The van der Waals surface area contributed by atoms with E-state index in [2.05, 4.69) is 33.9 Å². The minimum Gasteiger partial charge on any atom is -0.493 e. The second-order valence-electron chi connectivity index (χ2n) is 8.65. The minimum atomic E-state index is -1.89. The summed E-state index contributed by atoms with van der Waals surface area (Å²) in [6, 6.07) is 15.8. The van der Waals surface area contributed by atoms with Gasteiger partial charge in [-0.15, -0.1) is 0 Å². The molecule has 0 aliphatic rings. The molecule has 0 amide bonds. The van der Waals surface area contributed by atoms with Crippen LogP contribution < -0.4 is 9.47 Å². The van der Waals surface area contributed by atoms with Crippen LogP contribution in [0.15, 0.2) is 48.5 Å². The first-order chi connectivity index (χ1) is 13.1. The van der Waals surface area contributed by atoms with Crippen molar-refractivity contribution in [1.29, 1.82) is 0 Å². The molecule has 2 rings (SSSR count). The predicted molar refractivity (Wildman–Crippen MR) is 117 cm³/mol. The predicted octanol–water partition coefficient (Wildman–Crippen LogP) is 5.20. The lowest BCUT2D eigenvalue weighted by molar-refractivity contribution is 0.0991. The maximum absolute atomic E-state index is 10.6. The number of aliphatic hydroxyl groups excluding tert-OH is 1. The van der Waals surface area contributed by atoms with Gasteiger partial charge >= 0.3 is 0 Å². The van der Waals surface area contributed by atoms with Gasteiger partial charge in [0.25, 0.3) is 0 Å². The van der Waals surface area contributed by atoms with E-state index in [1.807, 2.05) is 48.5 Å². The number of rotatable bonds is 9. The number of methoxy groups -OCH3 is 1. The molecule has 2 aromatic rings.